The number of aliphatic hydroxyl groups is 1. The number of pyridine rings is 1. The molecule has 0 spiro atoms. The highest BCUT2D eigenvalue weighted by Crippen LogP contribution is 2.41. The molecule has 2 aromatic rings. The van der Waals surface area contributed by atoms with Crippen LogP contribution in [0.25, 0.3) is 10.9 Å². The number of benzene rings is 1. The van der Waals surface area contributed by atoms with E-state index < -0.39 is 0 Å². The molecule has 0 amide bonds. The number of nitrogens with zero attached hydrogens (tertiary/aromatic N) is 5. The fourth-order valence-electron chi connectivity index (χ4n) is 6.00. The highest BCUT2D eigenvalue weighted by Gasteiger charge is 2.37. The molecule has 34 heavy (non-hydrogen) atoms. The van der Waals surface area contributed by atoms with Gasteiger partial charge in [-0.05, 0) is 54.8 Å². The number of hydrogen-bond acceptors (Lipinski definition) is 7. The van der Waals surface area contributed by atoms with E-state index in [2.05, 4.69) is 62.3 Å². The molecule has 2 N–H and O–H groups in total. The van der Waals surface area contributed by atoms with Gasteiger partial charge in [-0.1, -0.05) is 6.08 Å². The number of aromatic nitrogens is 1. The van der Waals surface area contributed by atoms with Crippen LogP contribution in [-0.2, 0) is 0 Å². The summed E-state index contributed by atoms with van der Waals surface area (Å²) in [6.07, 6.45) is 7.40. The molecule has 2 atom stereocenters. The lowest BCUT2D eigenvalue weighted by molar-refractivity contribution is 0.133. The number of nitriles is 1. The molecule has 1 aliphatic carbocycles. The largest absolute Gasteiger partial charge is 0.394 e. The second-order valence-electron chi connectivity index (χ2n) is 9.66. The van der Waals surface area contributed by atoms with E-state index in [1.165, 1.54) is 22.5 Å². The summed E-state index contributed by atoms with van der Waals surface area (Å²) >= 11 is 0. The van der Waals surface area contributed by atoms with Crippen LogP contribution in [-0.4, -0.2) is 77.8 Å². The molecule has 3 aliphatic heterocycles. The van der Waals surface area contributed by atoms with Gasteiger partial charge in [-0.3, -0.25) is 4.98 Å². The Morgan fingerprint density at radius 3 is 3.00 bits per heavy atom. The summed E-state index contributed by atoms with van der Waals surface area (Å²) in [5, 5.41) is 23.8. The minimum absolute atomic E-state index is 0.141. The Morgan fingerprint density at radius 2 is 2.15 bits per heavy atom. The standard InChI is InChI=1S/C27H30N6O/c1-18-14-31(25-7-4-19(12-28)27-24(25)3-2-8-30-27)16-26-23-6-5-21(11-20(23)15-33(18)26)32-10-9-29-13-22(32)17-34/h2-5,7-8,11,18,22,29,34H,6,9-10,13-17H2,1H3/t18-,22+/m1/s1. The molecule has 7 nitrogen and oxygen atoms in total. The quantitative estimate of drug-likeness (QED) is 0.737. The highest BCUT2D eigenvalue weighted by atomic mass is 16.3. The second-order valence-corrected chi connectivity index (χ2v) is 9.66. The highest BCUT2D eigenvalue weighted by molar-refractivity contribution is 5.95. The van der Waals surface area contributed by atoms with Gasteiger partial charge in [0.1, 0.15) is 6.07 Å². The molecule has 0 saturated carbocycles. The van der Waals surface area contributed by atoms with Crippen LogP contribution >= 0.6 is 0 Å². The average molecular weight is 455 g/mol. The van der Waals surface area contributed by atoms with Crippen LogP contribution in [0.5, 0.6) is 0 Å². The van der Waals surface area contributed by atoms with Crippen molar-refractivity contribution in [3.8, 4) is 6.07 Å². The van der Waals surface area contributed by atoms with Crippen LogP contribution in [0, 0.1) is 11.3 Å². The first-order valence-electron chi connectivity index (χ1n) is 12.2. The van der Waals surface area contributed by atoms with Crippen LogP contribution in [0.1, 0.15) is 18.9 Å². The number of rotatable bonds is 3. The average Bonchev–Trinajstić information content (AvgIpc) is 3.26. The number of fused-ring (bicyclic) bond motifs is 3. The van der Waals surface area contributed by atoms with E-state index in [1.807, 2.05) is 12.1 Å². The maximum atomic E-state index is 9.85. The van der Waals surface area contributed by atoms with E-state index >= 15 is 0 Å². The fraction of sp³-hybridized carbons (Fsp3) is 0.407. The van der Waals surface area contributed by atoms with Gasteiger partial charge >= 0.3 is 0 Å². The van der Waals surface area contributed by atoms with Crippen LogP contribution in [0.3, 0.4) is 0 Å². The van der Waals surface area contributed by atoms with Crippen molar-refractivity contribution < 1.29 is 5.11 Å². The Bertz CT molecular complexity index is 1270. The number of anilines is 1. The van der Waals surface area contributed by atoms with Crippen molar-refractivity contribution >= 4 is 16.6 Å². The molecule has 174 valence electrons. The minimum atomic E-state index is 0.141. The Kier molecular flexibility index (Phi) is 5.28. The third-order valence-corrected chi connectivity index (χ3v) is 7.72. The fourth-order valence-corrected chi connectivity index (χ4v) is 6.00. The Balaban J connectivity index is 1.32. The summed E-state index contributed by atoms with van der Waals surface area (Å²) in [6.45, 7) is 7.96. The zero-order valence-corrected chi connectivity index (χ0v) is 19.5. The monoisotopic (exact) mass is 454 g/mol. The smallest absolute Gasteiger partial charge is 0.101 e. The van der Waals surface area contributed by atoms with Gasteiger partial charge in [0.2, 0.25) is 0 Å². The lowest BCUT2D eigenvalue weighted by atomic mass is 9.95. The Hall–Kier alpha value is -3.34. The van der Waals surface area contributed by atoms with E-state index in [1.54, 1.807) is 6.20 Å². The summed E-state index contributed by atoms with van der Waals surface area (Å²) in [5.74, 6) is 0. The topological polar surface area (TPSA) is 78.7 Å². The SMILES string of the molecule is C[C@@H]1CN(c2ccc(C#N)c3ncccc23)CC2=C3CC=C(N4CCNC[C@H]4CO)C=C3CN21. The van der Waals surface area contributed by atoms with Gasteiger partial charge in [0.15, 0.2) is 0 Å². The summed E-state index contributed by atoms with van der Waals surface area (Å²) in [7, 11) is 0. The molecule has 2 saturated heterocycles. The van der Waals surface area contributed by atoms with Crippen LogP contribution in [0.4, 0.5) is 5.69 Å². The Labute approximate surface area is 200 Å². The van der Waals surface area contributed by atoms with Crippen molar-refractivity contribution in [3.63, 3.8) is 0 Å². The molecular formula is C27H30N6O. The molecule has 1 aromatic heterocycles. The van der Waals surface area contributed by atoms with E-state index in [0.717, 1.165) is 62.3 Å². The zero-order valence-electron chi connectivity index (χ0n) is 19.5. The molecule has 7 heteroatoms. The second kappa shape index (κ2) is 8.46. The summed E-state index contributed by atoms with van der Waals surface area (Å²) < 4.78 is 0. The number of allylic oxidation sites excluding steroid dienone is 2. The third-order valence-electron chi connectivity index (χ3n) is 7.72. The van der Waals surface area contributed by atoms with Gasteiger partial charge in [-0.2, -0.15) is 5.26 Å². The summed E-state index contributed by atoms with van der Waals surface area (Å²) in [6, 6.07) is 10.8. The van der Waals surface area contributed by atoms with Crippen molar-refractivity contribution in [1.29, 1.82) is 5.26 Å². The molecule has 2 fully saturated rings. The normalized spacial score (nSPS) is 24.6. The lowest BCUT2D eigenvalue weighted by Gasteiger charge is -2.42. The molecule has 4 aliphatic rings. The van der Waals surface area contributed by atoms with Gasteiger partial charge < -0.3 is 25.1 Å². The summed E-state index contributed by atoms with van der Waals surface area (Å²) in [5.41, 5.74) is 8.10. The maximum Gasteiger partial charge on any atom is 0.101 e. The van der Waals surface area contributed by atoms with Gasteiger partial charge in [-0.25, -0.2) is 0 Å². The maximum absolute atomic E-state index is 9.85. The van der Waals surface area contributed by atoms with E-state index in [0.29, 0.717) is 11.6 Å². The van der Waals surface area contributed by atoms with E-state index in [4.69, 9.17) is 0 Å². The molecule has 0 unspecified atom stereocenters. The van der Waals surface area contributed by atoms with Crippen LogP contribution in [0.15, 0.2) is 65.2 Å². The van der Waals surface area contributed by atoms with Crippen LogP contribution in [0.2, 0.25) is 0 Å². The third kappa shape index (κ3) is 3.37. The van der Waals surface area contributed by atoms with Crippen molar-refractivity contribution in [2.45, 2.75) is 25.4 Å². The van der Waals surface area contributed by atoms with Crippen molar-refractivity contribution in [3.05, 3.63) is 70.7 Å². The van der Waals surface area contributed by atoms with Gasteiger partial charge in [-0.15, -0.1) is 0 Å². The van der Waals surface area contributed by atoms with Gasteiger partial charge in [0.25, 0.3) is 0 Å². The first-order valence-corrected chi connectivity index (χ1v) is 12.2. The van der Waals surface area contributed by atoms with E-state index in [9.17, 15) is 10.4 Å². The van der Waals surface area contributed by atoms with E-state index in [-0.39, 0.29) is 12.6 Å². The molecule has 0 radical (unpaired) electrons. The molecule has 0 bridgehead atoms. The molecule has 6 rings (SSSR count). The van der Waals surface area contributed by atoms with Crippen LogP contribution < -0.4 is 10.2 Å². The first-order chi connectivity index (χ1) is 16.7. The van der Waals surface area contributed by atoms with Gasteiger partial charge in [0.05, 0.1) is 30.3 Å². The summed E-state index contributed by atoms with van der Waals surface area (Å²) in [4.78, 5) is 11.9. The predicted molar refractivity (Wildman–Crippen MR) is 133 cm³/mol. The number of hydrogen-bond donors (Lipinski definition) is 2. The first kappa shape index (κ1) is 21.2. The molecular weight excluding hydrogens is 424 g/mol. The molecule has 1 aromatic carbocycles. The minimum Gasteiger partial charge on any atom is -0.394 e. The zero-order chi connectivity index (χ0) is 23.2. The van der Waals surface area contributed by atoms with Gasteiger partial charge in [0, 0.05) is 67.4 Å². The van der Waals surface area contributed by atoms with Crippen molar-refractivity contribution in [2.24, 2.45) is 0 Å². The number of piperazine rings is 2. The van der Waals surface area contributed by atoms with Crippen molar-refractivity contribution in [2.75, 3.05) is 50.8 Å². The van der Waals surface area contributed by atoms with Crippen molar-refractivity contribution in [1.82, 2.24) is 20.1 Å². The number of nitrogens with one attached hydrogen (secondary N) is 1. The lowest BCUT2D eigenvalue weighted by Crippen LogP contribution is -2.52. The predicted octanol–water partition coefficient (Wildman–Crippen LogP) is 2.36. The number of aliphatic hydroxyl groups excluding tert-OH is 1. The molecule has 4 heterocycles. The Morgan fingerprint density at radius 1 is 1.24 bits per heavy atom.